The molecule has 9 nitrogen and oxygen atoms in total. The molecular formula is C28H29Cl2N7O2. The summed E-state index contributed by atoms with van der Waals surface area (Å²) in [5, 5.41) is 8.44. The molecule has 0 spiro atoms. The molecule has 39 heavy (non-hydrogen) atoms. The molecule has 2 atom stereocenters. The third-order valence-corrected chi connectivity index (χ3v) is 7.55. The normalized spacial score (nSPS) is 18.0. The van der Waals surface area contributed by atoms with E-state index < -0.39 is 0 Å². The van der Waals surface area contributed by atoms with Crippen molar-refractivity contribution in [2.45, 2.75) is 51.8 Å². The summed E-state index contributed by atoms with van der Waals surface area (Å²) in [5.74, 6) is 2.01. The molecule has 4 heterocycles. The number of hydrogen-bond donors (Lipinski definition) is 3. The number of ether oxygens (including phenoxy) is 1. The average Bonchev–Trinajstić information content (AvgIpc) is 3.58. The second-order valence-corrected chi connectivity index (χ2v) is 11.8. The van der Waals surface area contributed by atoms with Gasteiger partial charge in [0.05, 0.1) is 39.2 Å². The number of anilines is 1. The summed E-state index contributed by atoms with van der Waals surface area (Å²) in [5.41, 5.74) is 3.55. The van der Waals surface area contributed by atoms with Gasteiger partial charge < -0.3 is 25.3 Å². The summed E-state index contributed by atoms with van der Waals surface area (Å²) in [6, 6.07) is 8.80. The second-order valence-electron chi connectivity index (χ2n) is 10.9. The fourth-order valence-corrected chi connectivity index (χ4v) is 5.60. The van der Waals surface area contributed by atoms with Crippen molar-refractivity contribution in [3.05, 3.63) is 69.5 Å². The van der Waals surface area contributed by atoms with Crippen molar-refractivity contribution in [3.8, 4) is 0 Å². The zero-order valence-electron chi connectivity index (χ0n) is 22.1. The Morgan fingerprint density at radius 3 is 2.79 bits per heavy atom. The highest BCUT2D eigenvalue weighted by Crippen LogP contribution is 2.35. The van der Waals surface area contributed by atoms with E-state index in [9.17, 15) is 4.79 Å². The quantitative estimate of drug-likeness (QED) is 0.279. The molecule has 4 aromatic rings. The summed E-state index contributed by atoms with van der Waals surface area (Å²) >= 11 is 12.8. The maximum Gasteiger partial charge on any atom is 0.256 e. The largest absolute Gasteiger partial charge is 0.473 e. The Labute approximate surface area is 236 Å². The third-order valence-electron chi connectivity index (χ3n) is 7.00. The Kier molecular flexibility index (Phi) is 6.31. The topological polar surface area (TPSA) is 108 Å². The molecule has 0 aliphatic carbocycles. The first-order valence-electron chi connectivity index (χ1n) is 12.9. The van der Waals surface area contributed by atoms with Crippen LogP contribution in [0.3, 0.4) is 0 Å². The van der Waals surface area contributed by atoms with Gasteiger partial charge in [-0.05, 0) is 64.4 Å². The van der Waals surface area contributed by atoms with Crippen molar-refractivity contribution in [1.82, 2.24) is 30.2 Å². The first-order valence-corrected chi connectivity index (χ1v) is 13.7. The number of aromatic nitrogens is 4. The van der Waals surface area contributed by atoms with Gasteiger partial charge in [0.2, 0.25) is 0 Å². The number of fused-ring (bicyclic) bond motifs is 3. The minimum Gasteiger partial charge on any atom is -0.473 e. The van der Waals surface area contributed by atoms with Crippen LogP contribution in [0.15, 0.2) is 48.1 Å². The predicted octanol–water partition coefficient (Wildman–Crippen LogP) is 5.83. The van der Waals surface area contributed by atoms with E-state index in [2.05, 4.69) is 30.6 Å². The van der Waals surface area contributed by atoms with Gasteiger partial charge in [-0.25, -0.2) is 15.0 Å². The van der Waals surface area contributed by atoms with Crippen LogP contribution in [0, 0.1) is 0 Å². The van der Waals surface area contributed by atoms with Crippen molar-refractivity contribution in [3.63, 3.8) is 0 Å². The molecule has 1 saturated heterocycles. The number of carbonyl (C=O) groups excluding carboxylic acids is 1. The van der Waals surface area contributed by atoms with Gasteiger partial charge in [-0.2, -0.15) is 0 Å². The van der Waals surface area contributed by atoms with Crippen molar-refractivity contribution in [2.75, 3.05) is 18.4 Å². The number of halogens is 2. The van der Waals surface area contributed by atoms with Crippen LogP contribution in [0.1, 0.15) is 56.3 Å². The molecule has 0 radical (unpaired) electrons. The Balaban J connectivity index is 1.26. The maximum atomic E-state index is 13.7. The Hall–Kier alpha value is -3.56. The zero-order chi connectivity index (χ0) is 27.5. The number of rotatable bonds is 5. The van der Waals surface area contributed by atoms with E-state index in [1.165, 1.54) is 6.33 Å². The van der Waals surface area contributed by atoms with Gasteiger partial charge >= 0.3 is 0 Å². The second kappa shape index (κ2) is 9.57. The van der Waals surface area contributed by atoms with Gasteiger partial charge in [-0.1, -0.05) is 23.2 Å². The Morgan fingerprint density at radius 1 is 1.18 bits per heavy atom. The number of hydrogen-bond acceptors (Lipinski definition) is 7. The molecule has 0 bridgehead atoms. The molecule has 3 N–H and O–H groups in total. The predicted molar refractivity (Wildman–Crippen MR) is 153 cm³/mol. The number of nitrogens with one attached hydrogen (secondary N) is 3. The van der Waals surface area contributed by atoms with Crippen LogP contribution in [0.4, 0.5) is 5.82 Å². The Morgan fingerprint density at radius 2 is 2.00 bits per heavy atom. The highest BCUT2D eigenvalue weighted by atomic mass is 35.5. The van der Waals surface area contributed by atoms with Crippen LogP contribution in [0.2, 0.25) is 10.0 Å². The fraction of sp³-hybridized carbons (Fsp3) is 0.357. The number of H-pyrrole nitrogens is 1. The molecule has 2 aromatic heterocycles. The van der Waals surface area contributed by atoms with Gasteiger partial charge in [-0.15, -0.1) is 0 Å². The lowest BCUT2D eigenvalue weighted by atomic mass is 10.1. The number of aromatic amines is 1. The summed E-state index contributed by atoms with van der Waals surface area (Å²) in [6.45, 7) is 9.27. The third kappa shape index (κ3) is 4.85. The molecule has 2 aliphatic heterocycles. The molecule has 0 saturated carbocycles. The van der Waals surface area contributed by atoms with Crippen LogP contribution >= 0.6 is 23.2 Å². The fourth-order valence-electron chi connectivity index (χ4n) is 5.19. The minimum absolute atomic E-state index is 0.0521. The average molecular weight is 566 g/mol. The van der Waals surface area contributed by atoms with E-state index in [1.54, 1.807) is 12.1 Å². The van der Waals surface area contributed by atoms with E-state index in [1.807, 2.05) is 50.8 Å². The summed E-state index contributed by atoms with van der Waals surface area (Å²) in [6.07, 6.45) is 2.24. The van der Waals surface area contributed by atoms with E-state index in [0.717, 1.165) is 40.1 Å². The molecule has 202 valence electrons. The van der Waals surface area contributed by atoms with Gasteiger partial charge in [0.15, 0.2) is 5.88 Å². The van der Waals surface area contributed by atoms with Crippen LogP contribution in [-0.2, 0) is 4.74 Å². The first kappa shape index (κ1) is 25.7. The molecule has 2 aliphatic rings. The zero-order valence-corrected chi connectivity index (χ0v) is 23.6. The van der Waals surface area contributed by atoms with Crippen LogP contribution < -0.4 is 10.6 Å². The van der Waals surface area contributed by atoms with Crippen molar-refractivity contribution >= 4 is 56.9 Å². The van der Waals surface area contributed by atoms with Gasteiger partial charge in [0, 0.05) is 29.1 Å². The summed E-state index contributed by atoms with van der Waals surface area (Å²) in [7, 11) is 0. The molecule has 6 rings (SSSR count). The van der Waals surface area contributed by atoms with Crippen LogP contribution in [0.5, 0.6) is 0 Å². The number of nitrogens with zero attached hydrogens (tertiary/aromatic N) is 4. The van der Waals surface area contributed by atoms with Gasteiger partial charge in [-0.3, -0.25) is 4.79 Å². The summed E-state index contributed by atoms with van der Waals surface area (Å²) < 4.78 is 6.09. The van der Waals surface area contributed by atoms with Gasteiger partial charge in [0.1, 0.15) is 23.6 Å². The highest BCUT2D eigenvalue weighted by Gasteiger charge is 2.40. The lowest BCUT2D eigenvalue weighted by Gasteiger charge is -2.23. The molecule has 1 amide bonds. The Bertz CT molecular complexity index is 1640. The van der Waals surface area contributed by atoms with Crippen molar-refractivity contribution in [2.24, 2.45) is 0 Å². The molecular weight excluding hydrogens is 537 g/mol. The highest BCUT2D eigenvalue weighted by molar-refractivity contribution is 6.35. The number of benzene rings is 2. The van der Waals surface area contributed by atoms with Crippen LogP contribution in [0.25, 0.3) is 21.9 Å². The van der Waals surface area contributed by atoms with Crippen LogP contribution in [-0.4, -0.2) is 55.5 Å². The smallest absolute Gasteiger partial charge is 0.256 e. The number of carbonyl (C=O) groups is 1. The standard InChI is InChI=1S/C28H29Cl2N7O2/c1-14(24-35-20-6-5-15(29)9-22(20)36-24)34-25-18-10-19(30)17(11-21(18)32-13-33-25)27(38)37-8-7-16-23(37)12-31-26(16)39-28(2,3)4/h5-6,9-11,13-14,23,31H,7-8,12H2,1-4H3,(H,35,36)(H,32,33,34). The van der Waals surface area contributed by atoms with E-state index in [-0.39, 0.29) is 23.6 Å². The molecule has 1 fully saturated rings. The lowest BCUT2D eigenvalue weighted by molar-refractivity contribution is 0.0416. The minimum atomic E-state index is -0.315. The van der Waals surface area contributed by atoms with Gasteiger partial charge in [0.25, 0.3) is 5.91 Å². The van der Waals surface area contributed by atoms with Crippen molar-refractivity contribution < 1.29 is 9.53 Å². The maximum absolute atomic E-state index is 13.7. The molecule has 2 aromatic carbocycles. The molecule has 2 unspecified atom stereocenters. The van der Waals surface area contributed by atoms with E-state index >= 15 is 0 Å². The number of likely N-dealkylation sites (tertiary alicyclic amines) is 1. The molecule has 11 heteroatoms. The lowest BCUT2D eigenvalue weighted by Crippen LogP contribution is -2.39. The van der Waals surface area contributed by atoms with Crippen molar-refractivity contribution in [1.29, 1.82) is 0 Å². The summed E-state index contributed by atoms with van der Waals surface area (Å²) in [4.78, 5) is 32.4. The SMILES string of the molecule is CC(Nc1ncnc2cc(C(=O)N3CCC4=C(OC(C)(C)C)NCC43)c(Cl)cc12)c1nc2cc(Cl)ccc2[nH]1. The van der Waals surface area contributed by atoms with E-state index in [4.69, 9.17) is 27.9 Å². The number of imidazole rings is 1. The first-order chi connectivity index (χ1) is 18.6. The number of amides is 1. The monoisotopic (exact) mass is 565 g/mol. The van der Waals surface area contributed by atoms with E-state index in [0.29, 0.717) is 40.0 Å².